The monoisotopic (exact) mass is 318 g/mol. The van der Waals surface area contributed by atoms with Crippen LogP contribution < -0.4 is 14.8 Å². The molecule has 1 aliphatic rings. The Morgan fingerprint density at radius 1 is 1.08 bits per heavy atom. The van der Waals surface area contributed by atoms with E-state index in [1.165, 1.54) is 0 Å². The zero-order valence-corrected chi connectivity index (χ0v) is 12.8. The SMILES string of the molecule is N#Cc1nnc2ccccc2c1NCCc1ccc2c(c1)OCO2. The normalized spacial score (nSPS) is 12.1. The predicted molar refractivity (Wildman–Crippen MR) is 89.0 cm³/mol. The molecule has 0 atom stereocenters. The van der Waals surface area contributed by atoms with Crippen LogP contribution in [0.25, 0.3) is 10.9 Å². The topological polar surface area (TPSA) is 80.1 Å². The first kappa shape index (κ1) is 14.3. The van der Waals surface area contributed by atoms with E-state index in [-0.39, 0.29) is 6.79 Å². The highest BCUT2D eigenvalue weighted by molar-refractivity contribution is 5.92. The number of nitriles is 1. The molecule has 6 heteroatoms. The predicted octanol–water partition coefficient (Wildman–Crippen LogP) is 2.88. The first-order chi connectivity index (χ1) is 11.8. The van der Waals surface area contributed by atoms with Crippen LogP contribution in [0.1, 0.15) is 11.3 Å². The van der Waals surface area contributed by atoms with E-state index in [1.54, 1.807) is 0 Å². The van der Waals surface area contributed by atoms with Crippen LogP contribution in [0.15, 0.2) is 42.5 Å². The van der Waals surface area contributed by atoms with Crippen molar-refractivity contribution in [1.29, 1.82) is 5.26 Å². The molecule has 6 nitrogen and oxygen atoms in total. The highest BCUT2D eigenvalue weighted by atomic mass is 16.7. The summed E-state index contributed by atoms with van der Waals surface area (Å²) in [6.07, 6.45) is 0.790. The fourth-order valence-electron chi connectivity index (χ4n) is 2.74. The van der Waals surface area contributed by atoms with Crippen molar-refractivity contribution in [3.8, 4) is 17.6 Å². The second-order valence-electron chi connectivity index (χ2n) is 5.42. The van der Waals surface area contributed by atoms with Gasteiger partial charge in [-0.15, -0.1) is 10.2 Å². The molecule has 0 saturated heterocycles. The van der Waals surface area contributed by atoms with Crippen LogP contribution in [-0.4, -0.2) is 23.5 Å². The van der Waals surface area contributed by atoms with Gasteiger partial charge in [0.2, 0.25) is 6.79 Å². The van der Waals surface area contributed by atoms with E-state index in [1.807, 2.05) is 42.5 Å². The second kappa shape index (κ2) is 6.05. The number of rotatable bonds is 4. The molecule has 2 heterocycles. The minimum atomic E-state index is 0.275. The van der Waals surface area contributed by atoms with Gasteiger partial charge in [0.1, 0.15) is 6.07 Å². The van der Waals surface area contributed by atoms with E-state index in [0.717, 1.165) is 40.1 Å². The van der Waals surface area contributed by atoms with Crippen LogP contribution in [0.5, 0.6) is 11.5 Å². The zero-order valence-electron chi connectivity index (χ0n) is 12.8. The lowest BCUT2D eigenvalue weighted by molar-refractivity contribution is 0.174. The van der Waals surface area contributed by atoms with Crippen molar-refractivity contribution in [3.05, 3.63) is 53.7 Å². The molecular weight excluding hydrogens is 304 g/mol. The lowest BCUT2D eigenvalue weighted by Gasteiger charge is -2.10. The molecule has 0 amide bonds. The molecule has 118 valence electrons. The Morgan fingerprint density at radius 3 is 2.88 bits per heavy atom. The van der Waals surface area contributed by atoms with Crippen molar-refractivity contribution in [3.63, 3.8) is 0 Å². The standard InChI is InChI=1S/C18H14N4O2/c19-10-15-18(13-3-1-2-4-14(13)21-22-15)20-8-7-12-5-6-16-17(9-12)24-11-23-16/h1-6,9H,7-8,11H2,(H,20,21). The van der Waals surface area contributed by atoms with Gasteiger partial charge in [0, 0.05) is 11.9 Å². The number of hydrogen-bond acceptors (Lipinski definition) is 6. The Bertz CT molecular complexity index is 949. The average molecular weight is 318 g/mol. The fraction of sp³-hybridized carbons (Fsp3) is 0.167. The zero-order chi connectivity index (χ0) is 16.4. The molecule has 0 spiro atoms. The molecule has 1 N–H and O–H groups in total. The van der Waals surface area contributed by atoms with E-state index in [0.29, 0.717) is 12.2 Å². The third kappa shape index (κ3) is 2.57. The highest BCUT2D eigenvalue weighted by Gasteiger charge is 2.13. The van der Waals surface area contributed by atoms with Crippen molar-refractivity contribution >= 4 is 16.6 Å². The van der Waals surface area contributed by atoms with Gasteiger partial charge in [-0.25, -0.2) is 0 Å². The molecule has 4 rings (SSSR count). The van der Waals surface area contributed by atoms with E-state index < -0.39 is 0 Å². The third-order valence-electron chi connectivity index (χ3n) is 3.93. The number of benzene rings is 2. The average Bonchev–Trinajstić information content (AvgIpc) is 3.09. The fourth-order valence-corrected chi connectivity index (χ4v) is 2.74. The molecule has 0 aliphatic carbocycles. The lowest BCUT2D eigenvalue weighted by atomic mass is 10.1. The Hall–Kier alpha value is -3.33. The summed E-state index contributed by atoms with van der Waals surface area (Å²) in [4.78, 5) is 0. The summed E-state index contributed by atoms with van der Waals surface area (Å²) in [5, 5.41) is 21.6. The summed E-state index contributed by atoms with van der Waals surface area (Å²) in [6.45, 7) is 0.946. The Balaban J connectivity index is 1.54. The maximum Gasteiger partial charge on any atom is 0.231 e. The number of hydrogen-bond donors (Lipinski definition) is 1. The minimum absolute atomic E-state index is 0.275. The molecule has 2 aromatic carbocycles. The van der Waals surface area contributed by atoms with Gasteiger partial charge in [-0.1, -0.05) is 24.3 Å². The number of fused-ring (bicyclic) bond motifs is 2. The first-order valence-corrected chi connectivity index (χ1v) is 7.63. The van der Waals surface area contributed by atoms with Gasteiger partial charge in [-0.05, 0) is 30.2 Å². The van der Waals surface area contributed by atoms with Crippen molar-refractivity contribution in [2.24, 2.45) is 0 Å². The maximum atomic E-state index is 9.28. The number of aromatic nitrogens is 2. The molecule has 3 aromatic rings. The number of ether oxygens (including phenoxy) is 2. The summed E-state index contributed by atoms with van der Waals surface area (Å²) in [6, 6.07) is 15.7. The minimum Gasteiger partial charge on any atom is -0.454 e. The summed E-state index contributed by atoms with van der Waals surface area (Å²) in [5.74, 6) is 1.56. The van der Waals surface area contributed by atoms with Gasteiger partial charge in [0.25, 0.3) is 0 Å². The third-order valence-corrected chi connectivity index (χ3v) is 3.93. The quantitative estimate of drug-likeness (QED) is 0.797. The summed E-state index contributed by atoms with van der Waals surface area (Å²) in [7, 11) is 0. The van der Waals surface area contributed by atoms with Crippen LogP contribution in [-0.2, 0) is 6.42 Å². The van der Waals surface area contributed by atoms with E-state index in [9.17, 15) is 5.26 Å². The number of anilines is 1. The molecule has 1 aliphatic heterocycles. The largest absolute Gasteiger partial charge is 0.454 e. The van der Waals surface area contributed by atoms with Gasteiger partial charge in [-0.2, -0.15) is 5.26 Å². The summed E-state index contributed by atoms with van der Waals surface area (Å²) < 4.78 is 10.7. The van der Waals surface area contributed by atoms with Crippen LogP contribution in [0, 0.1) is 11.3 Å². The molecule has 0 unspecified atom stereocenters. The molecule has 0 saturated carbocycles. The summed E-state index contributed by atoms with van der Waals surface area (Å²) >= 11 is 0. The van der Waals surface area contributed by atoms with Crippen molar-refractivity contribution in [2.45, 2.75) is 6.42 Å². The Labute approximate surface area is 138 Å². The van der Waals surface area contributed by atoms with Crippen molar-refractivity contribution in [1.82, 2.24) is 10.2 Å². The first-order valence-electron chi connectivity index (χ1n) is 7.63. The van der Waals surface area contributed by atoms with Crippen LogP contribution in [0.4, 0.5) is 5.69 Å². The van der Waals surface area contributed by atoms with E-state index in [4.69, 9.17) is 9.47 Å². The molecule has 0 radical (unpaired) electrons. The molecule has 1 aromatic heterocycles. The van der Waals surface area contributed by atoms with E-state index in [2.05, 4.69) is 21.6 Å². The maximum absolute atomic E-state index is 9.28. The van der Waals surface area contributed by atoms with Gasteiger partial charge >= 0.3 is 0 Å². The van der Waals surface area contributed by atoms with Crippen LogP contribution in [0.2, 0.25) is 0 Å². The number of nitrogens with zero attached hydrogens (tertiary/aromatic N) is 3. The van der Waals surface area contributed by atoms with E-state index >= 15 is 0 Å². The van der Waals surface area contributed by atoms with Crippen molar-refractivity contribution < 1.29 is 9.47 Å². The molecule has 24 heavy (non-hydrogen) atoms. The molecular formula is C18H14N4O2. The van der Waals surface area contributed by atoms with Gasteiger partial charge < -0.3 is 14.8 Å². The van der Waals surface area contributed by atoms with Crippen molar-refractivity contribution in [2.75, 3.05) is 18.7 Å². The summed E-state index contributed by atoms with van der Waals surface area (Å²) in [5.41, 5.74) is 2.93. The highest BCUT2D eigenvalue weighted by Crippen LogP contribution is 2.32. The Kier molecular flexibility index (Phi) is 3.60. The van der Waals surface area contributed by atoms with Crippen LogP contribution >= 0.6 is 0 Å². The lowest BCUT2D eigenvalue weighted by Crippen LogP contribution is -2.08. The smallest absolute Gasteiger partial charge is 0.231 e. The van der Waals surface area contributed by atoms with Crippen LogP contribution in [0.3, 0.4) is 0 Å². The molecule has 0 bridgehead atoms. The second-order valence-corrected chi connectivity index (χ2v) is 5.42. The Morgan fingerprint density at radius 2 is 1.96 bits per heavy atom. The van der Waals surface area contributed by atoms with Gasteiger partial charge in [-0.3, -0.25) is 0 Å². The number of nitrogens with one attached hydrogen (secondary N) is 1. The van der Waals surface area contributed by atoms with Gasteiger partial charge in [0.05, 0.1) is 11.2 Å². The molecule has 0 fully saturated rings. The van der Waals surface area contributed by atoms with Gasteiger partial charge in [0.15, 0.2) is 17.2 Å².